The van der Waals surface area contributed by atoms with Crippen LogP contribution in [0.2, 0.25) is 0 Å². The third-order valence-electron chi connectivity index (χ3n) is 3.49. The van der Waals surface area contributed by atoms with Crippen molar-refractivity contribution >= 4 is 11.8 Å². The third kappa shape index (κ3) is 4.80. The second-order valence-corrected chi connectivity index (χ2v) is 4.98. The fourth-order valence-corrected chi connectivity index (χ4v) is 2.45. The van der Waals surface area contributed by atoms with Crippen LogP contribution in [0.25, 0.3) is 0 Å². The fraction of sp³-hybridized carbons (Fsp3) is 0.846. The van der Waals surface area contributed by atoms with Gasteiger partial charge in [-0.05, 0) is 19.4 Å². The highest BCUT2D eigenvalue weighted by molar-refractivity contribution is 5.88. The molecular weight excluding hydrogens is 246 g/mol. The lowest BCUT2D eigenvalue weighted by Gasteiger charge is -2.26. The highest BCUT2D eigenvalue weighted by Crippen LogP contribution is 2.31. The van der Waals surface area contributed by atoms with Crippen LogP contribution in [0.1, 0.15) is 26.2 Å². The number of carbonyl (C=O) groups is 2. The van der Waals surface area contributed by atoms with Crippen LogP contribution in [0, 0.1) is 5.41 Å². The molecule has 1 saturated heterocycles. The van der Waals surface area contributed by atoms with E-state index in [1.54, 1.807) is 7.11 Å². The average Bonchev–Trinajstić information content (AvgIpc) is 2.86. The summed E-state index contributed by atoms with van der Waals surface area (Å²) < 4.78 is 4.84. The Bertz CT molecular complexity index is 302. The largest absolute Gasteiger partial charge is 0.383 e. The molecule has 1 fully saturated rings. The van der Waals surface area contributed by atoms with Crippen molar-refractivity contribution in [3.63, 3.8) is 0 Å². The predicted octanol–water partition coefficient (Wildman–Crippen LogP) is -0.355. The molecule has 0 aliphatic carbocycles. The van der Waals surface area contributed by atoms with Gasteiger partial charge in [0, 0.05) is 20.2 Å². The topological polar surface area (TPSA) is 79.5 Å². The maximum Gasteiger partial charge on any atom is 0.239 e. The van der Waals surface area contributed by atoms with Crippen LogP contribution in [-0.4, -0.2) is 51.7 Å². The van der Waals surface area contributed by atoms with Crippen LogP contribution in [0.3, 0.4) is 0 Å². The molecule has 1 unspecified atom stereocenters. The molecule has 1 rings (SSSR count). The minimum Gasteiger partial charge on any atom is -0.383 e. The second-order valence-electron chi connectivity index (χ2n) is 4.98. The number of hydrogen-bond acceptors (Lipinski definition) is 4. The Balaban J connectivity index is 2.34. The lowest BCUT2D eigenvalue weighted by Crippen LogP contribution is -2.46. The third-order valence-corrected chi connectivity index (χ3v) is 3.49. The standard InChI is InChI=1S/C13H25N3O3/c1-3-4-13(5-6-14-10-13)12(18)16-9-11(17)15-7-8-19-2/h14H,3-10H2,1-2H3,(H,15,17)(H,16,18). The first kappa shape index (κ1) is 15.9. The van der Waals surface area contributed by atoms with Crippen molar-refractivity contribution in [2.45, 2.75) is 26.2 Å². The summed E-state index contributed by atoms with van der Waals surface area (Å²) in [5, 5.41) is 8.66. The quantitative estimate of drug-likeness (QED) is 0.527. The Morgan fingerprint density at radius 2 is 2.16 bits per heavy atom. The van der Waals surface area contributed by atoms with Crippen molar-refractivity contribution in [3.8, 4) is 0 Å². The Kier molecular flexibility index (Phi) is 6.80. The van der Waals surface area contributed by atoms with E-state index in [4.69, 9.17) is 4.74 Å². The highest BCUT2D eigenvalue weighted by Gasteiger charge is 2.40. The van der Waals surface area contributed by atoms with Gasteiger partial charge in [-0.3, -0.25) is 9.59 Å². The van der Waals surface area contributed by atoms with Gasteiger partial charge in [0.05, 0.1) is 18.6 Å². The van der Waals surface area contributed by atoms with E-state index in [2.05, 4.69) is 22.9 Å². The number of ether oxygens (including phenoxy) is 1. The van der Waals surface area contributed by atoms with E-state index in [9.17, 15) is 9.59 Å². The molecule has 1 aliphatic heterocycles. The van der Waals surface area contributed by atoms with E-state index in [0.29, 0.717) is 19.7 Å². The normalized spacial score (nSPS) is 22.2. The molecular formula is C13H25N3O3. The van der Waals surface area contributed by atoms with Crippen molar-refractivity contribution in [2.75, 3.05) is 39.9 Å². The van der Waals surface area contributed by atoms with E-state index in [0.717, 1.165) is 25.8 Å². The number of methoxy groups -OCH3 is 1. The van der Waals surface area contributed by atoms with Crippen molar-refractivity contribution in [1.29, 1.82) is 0 Å². The van der Waals surface area contributed by atoms with Crippen molar-refractivity contribution in [1.82, 2.24) is 16.0 Å². The van der Waals surface area contributed by atoms with Gasteiger partial charge in [0.25, 0.3) is 0 Å². The van der Waals surface area contributed by atoms with Crippen LogP contribution in [0.5, 0.6) is 0 Å². The summed E-state index contributed by atoms with van der Waals surface area (Å²) in [7, 11) is 1.58. The summed E-state index contributed by atoms with van der Waals surface area (Å²) in [6.45, 7) is 4.63. The molecule has 1 heterocycles. The van der Waals surface area contributed by atoms with E-state index in [1.807, 2.05) is 0 Å². The summed E-state index contributed by atoms with van der Waals surface area (Å²) in [6, 6.07) is 0. The number of nitrogens with one attached hydrogen (secondary N) is 3. The van der Waals surface area contributed by atoms with Gasteiger partial charge in [0.1, 0.15) is 0 Å². The molecule has 0 aromatic carbocycles. The van der Waals surface area contributed by atoms with E-state index >= 15 is 0 Å². The van der Waals surface area contributed by atoms with Crippen LogP contribution in [0.15, 0.2) is 0 Å². The molecule has 0 aromatic rings. The fourth-order valence-electron chi connectivity index (χ4n) is 2.45. The highest BCUT2D eigenvalue weighted by atomic mass is 16.5. The Morgan fingerprint density at radius 3 is 2.74 bits per heavy atom. The van der Waals surface area contributed by atoms with Crippen LogP contribution >= 0.6 is 0 Å². The first-order chi connectivity index (χ1) is 9.14. The molecule has 0 spiro atoms. The van der Waals surface area contributed by atoms with Crippen molar-refractivity contribution < 1.29 is 14.3 Å². The van der Waals surface area contributed by atoms with Gasteiger partial charge in [-0.25, -0.2) is 0 Å². The molecule has 0 bridgehead atoms. The molecule has 0 saturated carbocycles. The van der Waals surface area contributed by atoms with Gasteiger partial charge >= 0.3 is 0 Å². The Morgan fingerprint density at radius 1 is 1.37 bits per heavy atom. The molecule has 0 radical (unpaired) electrons. The van der Waals surface area contributed by atoms with E-state index in [1.165, 1.54) is 0 Å². The van der Waals surface area contributed by atoms with Gasteiger partial charge in [-0.2, -0.15) is 0 Å². The SMILES string of the molecule is CCCC1(C(=O)NCC(=O)NCCOC)CCNC1. The Hall–Kier alpha value is -1.14. The zero-order valence-corrected chi connectivity index (χ0v) is 11.9. The van der Waals surface area contributed by atoms with Crippen molar-refractivity contribution in [2.24, 2.45) is 5.41 Å². The lowest BCUT2D eigenvalue weighted by atomic mass is 9.81. The summed E-state index contributed by atoms with van der Waals surface area (Å²) in [4.78, 5) is 23.7. The maximum absolute atomic E-state index is 12.2. The molecule has 19 heavy (non-hydrogen) atoms. The molecule has 3 N–H and O–H groups in total. The van der Waals surface area contributed by atoms with E-state index in [-0.39, 0.29) is 23.8 Å². The van der Waals surface area contributed by atoms with Gasteiger partial charge in [0.2, 0.25) is 11.8 Å². The summed E-state index contributed by atoms with van der Waals surface area (Å²) >= 11 is 0. The molecule has 6 nitrogen and oxygen atoms in total. The zero-order valence-electron chi connectivity index (χ0n) is 11.9. The lowest BCUT2D eigenvalue weighted by molar-refractivity contribution is -0.132. The summed E-state index contributed by atoms with van der Waals surface area (Å²) in [5.74, 6) is -0.191. The number of hydrogen-bond donors (Lipinski definition) is 3. The predicted molar refractivity (Wildman–Crippen MR) is 72.7 cm³/mol. The Labute approximate surface area is 114 Å². The van der Waals surface area contributed by atoms with E-state index < -0.39 is 0 Å². The summed E-state index contributed by atoms with van der Waals surface area (Å²) in [6.07, 6.45) is 2.67. The molecule has 2 amide bonds. The maximum atomic E-state index is 12.2. The average molecular weight is 271 g/mol. The molecule has 0 aromatic heterocycles. The van der Waals surface area contributed by atoms with Crippen LogP contribution in [0.4, 0.5) is 0 Å². The monoisotopic (exact) mass is 271 g/mol. The van der Waals surface area contributed by atoms with Gasteiger partial charge in [0.15, 0.2) is 0 Å². The van der Waals surface area contributed by atoms with Crippen LogP contribution < -0.4 is 16.0 Å². The van der Waals surface area contributed by atoms with Gasteiger partial charge < -0.3 is 20.7 Å². The first-order valence-electron chi connectivity index (χ1n) is 6.89. The molecule has 110 valence electrons. The molecule has 6 heteroatoms. The van der Waals surface area contributed by atoms with Crippen molar-refractivity contribution in [3.05, 3.63) is 0 Å². The second kappa shape index (κ2) is 8.12. The summed E-state index contributed by atoms with van der Waals surface area (Å²) in [5.41, 5.74) is -0.332. The minimum absolute atomic E-state index is 0.0127. The molecule has 1 aliphatic rings. The number of rotatable bonds is 8. The van der Waals surface area contributed by atoms with Gasteiger partial charge in [-0.15, -0.1) is 0 Å². The van der Waals surface area contributed by atoms with Gasteiger partial charge in [-0.1, -0.05) is 13.3 Å². The number of carbonyl (C=O) groups excluding carboxylic acids is 2. The van der Waals surface area contributed by atoms with Crippen LogP contribution in [-0.2, 0) is 14.3 Å². The smallest absolute Gasteiger partial charge is 0.239 e. The first-order valence-corrected chi connectivity index (χ1v) is 6.89. The minimum atomic E-state index is -0.332. The molecule has 1 atom stereocenters. The zero-order chi connectivity index (χ0) is 14.1. The number of amides is 2.